The summed E-state index contributed by atoms with van der Waals surface area (Å²) in [6.07, 6.45) is 0. The van der Waals surface area contributed by atoms with Gasteiger partial charge in [-0.25, -0.2) is 0 Å². The number of aryl methyl sites for hydroxylation is 3. The van der Waals surface area contributed by atoms with Gasteiger partial charge in [-0.05, 0) is 44.4 Å². The van der Waals surface area contributed by atoms with Crippen molar-refractivity contribution in [2.75, 3.05) is 19.6 Å². The highest BCUT2D eigenvalue weighted by Crippen LogP contribution is 2.19. The highest BCUT2D eigenvalue weighted by molar-refractivity contribution is 5.37. The Bertz CT molecular complexity index is 375. The first-order valence-electron chi connectivity index (χ1n) is 6.59. The molecule has 1 aliphatic rings. The molecule has 1 heterocycles. The topological polar surface area (TPSA) is 15.3 Å². The molecule has 2 heteroatoms. The molecule has 0 aliphatic carbocycles. The SMILES string of the molecule is Cc1cc(C)c(CN2CCNCC2C)c(C)c1. The van der Waals surface area contributed by atoms with Crippen molar-refractivity contribution in [1.82, 2.24) is 10.2 Å². The lowest BCUT2D eigenvalue weighted by Crippen LogP contribution is -2.49. The number of hydrogen-bond acceptors (Lipinski definition) is 2. The summed E-state index contributed by atoms with van der Waals surface area (Å²) in [5.74, 6) is 0. The second-order valence-corrected chi connectivity index (χ2v) is 5.40. The zero-order chi connectivity index (χ0) is 12.4. The summed E-state index contributed by atoms with van der Waals surface area (Å²) in [4.78, 5) is 2.58. The van der Waals surface area contributed by atoms with Crippen LogP contribution in [0.2, 0.25) is 0 Å². The summed E-state index contributed by atoms with van der Waals surface area (Å²) in [7, 11) is 0. The fraction of sp³-hybridized carbons (Fsp3) is 0.600. The molecular formula is C15H24N2. The zero-order valence-corrected chi connectivity index (χ0v) is 11.5. The monoisotopic (exact) mass is 232 g/mol. The van der Waals surface area contributed by atoms with Crippen molar-refractivity contribution in [1.29, 1.82) is 0 Å². The molecule has 2 rings (SSSR count). The van der Waals surface area contributed by atoms with Gasteiger partial charge in [0.05, 0.1) is 0 Å². The van der Waals surface area contributed by atoms with Gasteiger partial charge in [-0.15, -0.1) is 0 Å². The minimum Gasteiger partial charge on any atom is -0.314 e. The van der Waals surface area contributed by atoms with Crippen molar-refractivity contribution in [3.8, 4) is 0 Å². The number of nitrogens with one attached hydrogen (secondary N) is 1. The number of nitrogens with zero attached hydrogens (tertiary/aromatic N) is 1. The van der Waals surface area contributed by atoms with Gasteiger partial charge in [-0.3, -0.25) is 4.90 Å². The third-order valence-corrected chi connectivity index (χ3v) is 3.84. The molecule has 1 aromatic rings. The molecule has 0 aromatic heterocycles. The molecule has 1 atom stereocenters. The van der Waals surface area contributed by atoms with Crippen molar-refractivity contribution in [2.45, 2.75) is 40.3 Å². The molecule has 1 aliphatic heterocycles. The minimum atomic E-state index is 0.642. The summed E-state index contributed by atoms with van der Waals surface area (Å²) < 4.78 is 0. The summed E-state index contributed by atoms with van der Waals surface area (Å²) in [6, 6.07) is 5.24. The van der Waals surface area contributed by atoms with Crippen LogP contribution in [0.4, 0.5) is 0 Å². The number of hydrogen-bond donors (Lipinski definition) is 1. The van der Waals surface area contributed by atoms with Crippen LogP contribution >= 0.6 is 0 Å². The third-order valence-electron chi connectivity index (χ3n) is 3.84. The van der Waals surface area contributed by atoms with Crippen LogP contribution in [-0.4, -0.2) is 30.6 Å². The van der Waals surface area contributed by atoms with E-state index in [1.54, 1.807) is 0 Å². The second kappa shape index (κ2) is 5.19. The van der Waals surface area contributed by atoms with Gasteiger partial charge in [0.2, 0.25) is 0 Å². The third kappa shape index (κ3) is 2.88. The molecule has 1 aromatic carbocycles. The van der Waals surface area contributed by atoms with Gasteiger partial charge in [0.15, 0.2) is 0 Å². The van der Waals surface area contributed by atoms with Gasteiger partial charge in [-0.1, -0.05) is 17.7 Å². The van der Waals surface area contributed by atoms with Crippen LogP contribution in [-0.2, 0) is 6.54 Å². The Kier molecular flexibility index (Phi) is 3.85. The van der Waals surface area contributed by atoms with Crippen LogP contribution in [0.3, 0.4) is 0 Å². The maximum absolute atomic E-state index is 3.45. The first kappa shape index (κ1) is 12.6. The molecule has 0 spiro atoms. The van der Waals surface area contributed by atoms with Crippen molar-refractivity contribution < 1.29 is 0 Å². The van der Waals surface area contributed by atoms with Gasteiger partial charge in [0.1, 0.15) is 0 Å². The Morgan fingerprint density at radius 2 is 1.88 bits per heavy atom. The van der Waals surface area contributed by atoms with Crippen LogP contribution in [0.25, 0.3) is 0 Å². The highest BCUT2D eigenvalue weighted by Gasteiger charge is 2.19. The van der Waals surface area contributed by atoms with Gasteiger partial charge in [-0.2, -0.15) is 0 Å². The summed E-state index contributed by atoms with van der Waals surface area (Å²) in [6.45, 7) is 13.5. The van der Waals surface area contributed by atoms with Crippen molar-refractivity contribution in [3.05, 3.63) is 34.4 Å². The van der Waals surface area contributed by atoms with E-state index in [0.29, 0.717) is 6.04 Å². The van der Waals surface area contributed by atoms with Crippen LogP contribution in [0.15, 0.2) is 12.1 Å². The molecule has 0 saturated carbocycles. The predicted octanol–water partition coefficient (Wildman–Crippen LogP) is 2.41. The number of benzene rings is 1. The average molecular weight is 232 g/mol. The lowest BCUT2D eigenvalue weighted by Gasteiger charge is -2.34. The van der Waals surface area contributed by atoms with E-state index in [9.17, 15) is 0 Å². The lowest BCUT2D eigenvalue weighted by molar-refractivity contribution is 0.165. The first-order valence-corrected chi connectivity index (χ1v) is 6.59. The average Bonchev–Trinajstić information content (AvgIpc) is 2.25. The quantitative estimate of drug-likeness (QED) is 0.842. The summed E-state index contributed by atoms with van der Waals surface area (Å²) in [5, 5.41) is 3.45. The summed E-state index contributed by atoms with van der Waals surface area (Å²) in [5.41, 5.74) is 5.77. The van der Waals surface area contributed by atoms with E-state index in [4.69, 9.17) is 0 Å². The fourth-order valence-electron chi connectivity index (χ4n) is 2.78. The van der Waals surface area contributed by atoms with Gasteiger partial charge >= 0.3 is 0 Å². The number of rotatable bonds is 2. The Hall–Kier alpha value is -0.860. The number of piperazine rings is 1. The van der Waals surface area contributed by atoms with Gasteiger partial charge < -0.3 is 5.32 Å². The van der Waals surface area contributed by atoms with Crippen molar-refractivity contribution in [3.63, 3.8) is 0 Å². The van der Waals surface area contributed by atoms with E-state index in [1.165, 1.54) is 22.3 Å². The molecular weight excluding hydrogens is 208 g/mol. The molecule has 94 valence electrons. The fourth-order valence-corrected chi connectivity index (χ4v) is 2.78. The molecule has 0 amide bonds. The first-order chi connectivity index (χ1) is 8.08. The molecule has 1 fully saturated rings. The largest absolute Gasteiger partial charge is 0.314 e. The zero-order valence-electron chi connectivity index (χ0n) is 11.5. The standard InChI is InChI=1S/C15H24N2/c1-11-7-12(2)15(13(3)8-11)10-17-6-5-16-9-14(17)4/h7-8,14,16H,5-6,9-10H2,1-4H3. The maximum Gasteiger partial charge on any atom is 0.0242 e. The van der Waals surface area contributed by atoms with Crippen molar-refractivity contribution in [2.24, 2.45) is 0 Å². The normalized spacial score (nSPS) is 21.8. The van der Waals surface area contributed by atoms with E-state index in [2.05, 4.69) is 50.0 Å². The Morgan fingerprint density at radius 3 is 2.47 bits per heavy atom. The molecule has 17 heavy (non-hydrogen) atoms. The smallest absolute Gasteiger partial charge is 0.0242 e. The summed E-state index contributed by atoms with van der Waals surface area (Å²) >= 11 is 0. The Labute approximate surface area is 105 Å². The maximum atomic E-state index is 3.45. The molecule has 1 unspecified atom stereocenters. The van der Waals surface area contributed by atoms with Gasteiger partial charge in [0.25, 0.3) is 0 Å². The van der Waals surface area contributed by atoms with E-state index in [-0.39, 0.29) is 0 Å². The molecule has 1 N–H and O–H groups in total. The molecule has 0 radical (unpaired) electrons. The van der Waals surface area contributed by atoms with Crippen LogP contribution in [0.5, 0.6) is 0 Å². The Morgan fingerprint density at radius 1 is 1.24 bits per heavy atom. The lowest BCUT2D eigenvalue weighted by atomic mass is 9.98. The molecule has 2 nitrogen and oxygen atoms in total. The molecule has 0 bridgehead atoms. The van der Waals surface area contributed by atoms with E-state index >= 15 is 0 Å². The predicted molar refractivity (Wildman–Crippen MR) is 73.4 cm³/mol. The van der Waals surface area contributed by atoms with E-state index in [1.807, 2.05) is 0 Å². The highest BCUT2D eigenvalue weighted by atomic mass is 15.2. The van der Waals surface area contributed by atoms with Crippen molar-refractivity contribution >= 4 is 0 Å². The van der Waals surface area contributed by atoms with Crippen LogP contribution < -0.4 is 5.32 Å². The van der Waals surface area contributed by atoms with Crippen LogP contribution in [0, 0.1) is 20.8 Å². The van der Waals surface area contributed by atoms with Gasteiger partial charge in [0, 0.05) is 32.2 Å². The van der Waals surface area contributed by atoms with Crippen LogP contribution in [0.1, 0.15) is 29.2 Å². The minimum absolute atomic E-state index is 0.642. The van der Waals surface area contributed by atoms with E-state index < -0.39 is 0 Å². The van der Waals surface area contributed by atoms with E-state index in [0.717, 1.165) is 26.2 Å². The molecule has 1 saturated heterocycles. The second-order valence-electron chi connectivity index (χ2n) is 5.40. The Balaban J connectivity index is 2.17.